The van der Waals surface area contributed by atoms with E-state index in [4.69, 9.17) is 9.26 Å². The number of nitrogens with zero attached hydrogens (tertiary/aromatic N) is 1. The summed E-state index contributed by atoms with van der Waals surface area (Å²) in [6.07, 6.45) is 0.864. The highest BCUT2D eigenvalue weighted by Crippen LogP contribution is 2.36. The van der Waals surface area contributed by atoms with E-state index in [-0.39, 0.29) is 12.4 Å². The molecule has 0 amide bonds. The minimum Gasteiger partial charge on any atom is -0.508 e. The summed E-state index contributed by atoms with van der Waals surface area (Å²) in [4.78, 5) is 0. The molecule has 0 fully saturated rings. The zero-order valence-corrected chi connectivity index (χ0v) is 25.7. The molecule has 1 aromatic heterocycles. The minimum absolute atomic E-state index is 0.0198. The van der Waals surface area contributed by atoms with Crippen molar-refractivity contribution in [2.24, 2.45) is 0 Å². The van der Waals surface area contributed by atoms with Crippen molar-refractivity contribution in [2.75, 3.05) is 26.2 Å². The van der Waals surface area contributed by atoms with Crippen LogP contribution in [0.2, 0.25) is 0 Å². The fraction of sp³-hybridized carbons (Fsp3) is 0.270. The predicted molar refractivity (Wildman–Crippen MR) is 175 cm³/mol. The smallest absolute Gasteiger partial charge is 0.160 e. The summed E-state index contributed by atoms with van der Waals surface area (Å²) in [5.41, 5.74) is 2.65. The number of aromatic hydroxyl groups is 1. The van der Waals surface area contributed by atoms with Gasteiger partial charge in [-0.3, -0.25) is 0 Å². The Balaban J connectivity index is 1.00. The second-order valence-electron chi connectivity index (χ2n) is 11.2. The van der Waals surface area contributed by atoms with E-state index >= 15 is 0 Å². The Morgan fingerprint density at radius 3 is 2.20 bits per heavy atom. The maximum atomic E-state index is 11.9. The van der Waals surface area contributed by atoms with Gasteiger partial charge in [-0.1, -0.05) is 84.0 Å². The predicted octanol–water partition coefficient (Wildman–Crippen LogP) is 4.58. The average Bonchev–Trinajstić information content (AvgIpc) is 3.59. The quantitative estimate of drug-likeness (QED) is 0.0822. The second kappa shape index (κ2) is 16.2. The van der Waals surface area contributed by atoms with Gasteiger partial charge < -0.3 is 40.3 Å². The van der Waals surface area contributed by atoms with Gasteiger partial charge in [-0.05, 0) is 72.5 Å². The number of aliphatic hydroxyl groups is 3. The first-order valence-electron chi connectivity index (χ1n) is 15.5. The highest BCUT2D eigenvalue weighted by atomic mass is 16.5. The maximum absolute atomic E-state index is 11.9. The number of hydrogen-bond acceptors (Lipinski definition) is 9. The van der Waals surface area contributed by atoms with Crippen molar-refractivity contribution in [2.45, 2.75) is 37.7 Å². The van der Waals surface area contributed by atoms with Crippen LogP contribution in [-0.2, 0) is 25.2 Å². The normalized spacial score (nSPS) is 12.2. The van der Waals surface area contributed by atoms with Gasteiger partial charge in [-0.15, -0.1) is 0 Å². The highest BCUT2D eigenvalue weighted by molar-refractivity contribution is 5.44. The minimum atomic E-state index is -1.42. The number of rotatable bonds is 17. The summed E-state index contributed by atoms with van der Waals surface area (Å²) < 4.78 is 11.5. The SMILES string of the molecule is OCc1cc(C(O)CNCCc2ccc(OCCCNCc3cc(C(O)(c4ccccc4)c4ccccc4)no3)cc2)ccc1O. The Bertz CT molecular complexity index is 1590. The second-order valence-corrected chi connectivity index (χ2v) is 11.2. The zero-order chi connectivity index (χ0) is 32.2. The molecule has 1 unspecified atom stereocenters. The molecule has 0 aliphatic rings. The first-order valence-corrected chi connectivity index (χ1v) is 15.5. The number of aromatic nitrogens is 1. The van der Waals surface area contributed by atoms with Crippen molar-refractivity contribution in [3.63, 3.8) is 0 Å². The Hall–Kier alpha value is -4.51. The first kappa shape index (κ1) is 32.9. The number of ether oxygens (including phenoxy) is 1. The van der Waals surface area contributed by atoms with E-state index in [1.54, 1.807) is 18.2 Å². The van der Waals surface area contributed by atoms with E-state index in [1.165, 1.54) is 6.07 Å². The lowest BCUT2D eigenvalue weighted by atomic mass is 9.83. The van der Waals surface area contributed by atoms with Crippen LogP contribution in [0.4, 0.5) is 0 Å². The van der Waals surface area contributed by atoms with Crippen LogP contribution in [0.1, 0.15) is 51.8 Å². The molecule has 9 nitrogen and oxygen atoms in total. The molecule has 0 saturated heterocycles. The number of hydrogen-bond donors (Lipinski definition) is 6. The fourth-order valence-electron chi connectivity index (χ4n) is 5.27. The Morgan fingerprint density at radius 2 is 1.52 bits per heavy atom. The molecule has 0 spiro atoms. The van der Waals surface area contributed by atoms with Gasteiger partial charge in [-0.2, -0.15) is 0 Å². The summed E-state index contributed by atoms with van der Waals surface area (Å²) in [5.74, 6) is 1.46. The molecule has 1 heterocycles. The van der Waals surface area contributed by atoms with Crippen LogP contribution in [0.15, 0.2) is 114 Å². The van der Waals surface area contributed by atoms with Gasteiger partial charge in [0, 0.05) is 18.2 Å². The third-order valence-electron chi connectivity index (χ3n) is 7.89. The summed E-state index contributed by atoms with van der Waals surface area (Å²) in [6.45, 7) is 2.54. The van der Waals surface area contributed by atoms with Crippen molar-refractivity contribution < 1.29 is 29.7 Å². The molecule has 0 saturated carbocycles. The van der Waals surface area contributed by atoms with E-state index in [2.05, 4.69) is 15.8 Å². The molecule has 0 aliphatic carbocycles. The van der Waals surface area contributed by atoms with Gasteiger partial charge in [0.25, 0.3) is 0 Å². The Labute approximate surface area is 269 Å². The van der Waals surface area contributed by atoms with Crippen LogP contribution in [-0.4, -0.2) is 51.8 Å². The number of phenols is 1. The van der Waals surface area contributed by atoms with Crippen LogP contribution in [0.25, 0.3) is 0 Å². The molecule has 46 heavy (non-hydrogen) atoms. The molecular formula is C37H41N3O6. The van der Waals surface area contributed by atoms with Gasteiger partial charge in [0.05, 0.1) is 25.9 Å². The van der Waals surface area contributed by atoms with Crippen LogP contribution in [0, 0.1) is 0 Å². The molecule has 6 N–H and O–H groups in total. The molecule has 1 atom stereocenters. The lowest BCUT2D eigenvalue weighted by Crippen LogP contribution is -2.29. The number of nitrogens with one attached hydrogen (secondary N) is 2. The third kappa shape index (κ3) is 8.39. The van der Waals surface area contributed by atoms with E-state index in [0.29, 0.717) is 48.8 Å². The third-order valence-corrected chi connectivity index (χ3v) is 7.89. The number of benzene rings is 4. The average molecular weight is 624 g/mol. The van der Waals surface area contributed by atoms with Crippen molar-refractivity contribution in [3.05, 3.63) is 148 Å². The van der Waals surface area contributed by atoms with Crippen molar-refractivity contribution >= 4 is 0 Å². The van der Waals surface area contributed by atoms with Crippen LogP contribution < -0.4 is 15.4 Å². The zero-order valence-electron chi connectivity index (χ0n) is 25.7. The largest absolute Gasteiger partial charge is 0.508 e. The van der Waals surface area contributed by atoms with E-state index < -0.39 is 11.7 Å². The van der Waals surface area contributed by atoms with E-state index in [0.717, 1.165) is 41.8 Å². The topological polar surface area (TPSA) is 140 Å². The molecule has 4 aromatic carbocycles. The Kier molecular flexibility index (Phi) is 11.6. The molecule has 0 aliphatic heterocycles. The monoisotopic (exact) mass is 623 g/mol. The molecule has 5 rings (SSSR count). The maximum Gasteiger partial charge on any atom is 0.160 e. The summed E-state index contributed by atoms with van der Waals surface area (Å²) >= 11 is 0. The van der Waals surface area contributed by atoms with Crippen molar-refractivity contribution in [1.29, 1.82) is 0 Å². The summed E-state index contributed by atoms with van der Waals surface area (Å²) in [7, 11) is 0. The van der Waals surface area contributed by atoms with Gasteiger partial charge in [0.15, 0.2) is 11.4 Å². The standard InChI is InChI=1S/C37H41N3O6/c41-26-29-22-28(14-17-34(29)42)35(43)25-39-20-18-27-12-15-32(16-13-27)45-21-7-19-38-24-33-23-36(40-46-33)37(44,30-8-3-1-4-9-30)31-10-5-2-6-11-31/h1-6,8-17,22-23,35,38-39,41-44H,7,18-21,24-26H2. The van der Waals surface area contributed by atoms with E-state index in [1.807, 2.05) is 84.9 Å². The van der Waals surface area contributed by atoms with Crippen molar-refractivity contribution in [3.8, 4) is 11.5 Å². The lowest BCUT2D eigenvalue weighted by Gasteiger charge is -2.27. The van der Waals surface area contributed by atoms with Crippen molar-refractivity contribution in [1.82, 2.24) is 15.8 Å². The number of aliphatic hydroxyl groups excluding tert-OH is 2. The summed E-state index contributed by atoms with van der Waals surface area (Å²) in [6, 6.07) is 33.5. The van der Waals surface area contributed by atoms with Crippen LogP contribution in [0.5, 0.6) is 11.5 Å². The summed E-state index contributed by atoms with van der Waals surface area (Å²) in [5, 5.41) is 52.1. The lowest BCUT2D eigenvalue weighted by molar-refractivity contribution is 0.116. The molecule has 240 valence electrons. The molecule has 5 aromatic rings. The Morgan fingerprint density at radius 1 is 0.826 bits per heavy atom. The first-order chi connectivity index (χ1) is 22.5. The van der Waals surface area contributed by atoms with Crippen LogP contribution >= 0.6 is 0 Å². The van der Waals surface area contributed by atoms with Gasteiger partial charge in [0.1, 0.15) is 17.2 Å². The highest BCUT2D eigenvalue weighted by Gasteiger charge is 2.37. The molecule has 0 bridgehead atoms. The van der Waals surface area contributed by atoms with Crippen LogP contribution in [0.3, 0.4) is 0 Å². The molecule has 9 heteroatoms. The molecular weight excluding hydrogens is 582 g/mol. The molecule has 0 radical (unpaired) electrons. The van der Waals surface area contributed by atoms with Gasteiger partial charge in [0.2, 0.25) is 0 Å². The fourth-order valence-corrected chi connectivity index (χ4v) is 5.27. The van der Waals surface area contributed by atoms with Gasteiger partial charge in [-0.25, -0.2) is 0 Å². The van der Waals surface area contributed by atoms with Gasteiger partial charge >= 0.3 is 0 Å². The van der Waals surface area contributed by atoms with E-state index in [9.17, 15) is 20.4 Å².